The monoisotopic (exact) mass is 479 g/mol. The van der Waals surface area contributed by atoms with E-state index in [0.717, 1.165) is 24.3 Å². The van der Waals surface area contributed by atoms with Crippen LogP contribution < -0.4 is 10.1 Å². The molecule has 0 bridgehead atoms. The first-order valence-electron chi connectivity index (χ1n) is 11.2. The molecule has 0 radical (unpaired) electrons. The van der Waals surface area contributed by atoms with E-state index in [1.165, 1.54) is 23.8 Å². The molecule has 0 spiro atoms. The predicted molar refractivity (Wildman–Crippen MR) is 133 cm³/mol. The molecule has 1 aromatic heterocycles. The van der Waals surface area contributed by atoms with Gasteiger partial charge in [-0.2, -0.15) is 0 Å². The van der Waals surface area contributed by atoms with E-state index in [4.69, 9.17) is 14.9 Å². The Morgan fingerprint density at radius 2 is 1.71 bits per heavy atom. The summed E-state index contributed by atoms with van der Waals surface area (Å²) in [5, 5.41) is 19.8. The van der Waals surface area contributed by atoms with Crippen molar-refractivity contribution in [3.05, 3.63) is 71.9 Å². The van der Waals surface area contributed by atoms with Crippen LogP contribution in [0.4, 0.5) is 5.69 Å². The van der Waals surface area contributed by atoms with Gasteiger partial charge in [0.1, 0.15) is 5.75 Å². The molecule has 0 atom stereocenters. The number of piperidine rings is 1. The lowest BCUT2D eigenvalue weighted by atomic mass is 9.89. The molecule has 9 nitrogen and oxygen atoms in total. The highest BCUT2D eigenvalue weighted by atomic mass is 16.5. The lowest BCUT2D eigenvalue weighted by molar-refractivity contribution is -0.134. The Hall–Kier alpha value is -4.11. The van der Waals surface area contributed by atoms with Crippen LogP contribution in [-0.2, 0) is 9.59 Å². The molecule has 4 N–H and O–H groups in total. The molecule has 2 heterocycles. The summed E-state index contributed by atoms with van der Waals surface area (Å²) in [7, 11) is 3.75. The number of benzene rings is 2. The fraction of sp³-hybridized carbons (Fsp3) is 0.269. The Balaban J connectivity index is 0.000000371. The van der Waals surface area contributed by atoms with Crippen LogP contribution in [0.15, 0.2) is 60.8 Å². The molecule has 1 aliphatic rings. The number of ether oxygens (including phenoxy) is 1. The van der Waals surface area contributed by atoms with Gasteiger partial charge in [0.25, 0.3) is 5.91 Å². The Morgan fingerprint density at radius 3 is 2.34 bits per heavy atom. The lowest BCUT2D eigenvalue weighted by Crippen LogP contribution is -2.29. The summed E-state index contributed by atoms with van der Waals surface area (Å²) in [6, 6.07) is 13.3. The summed E-state index contributed by atoms with van der Waals surface area (Å²) in [5.41, 5.74) is 3.79. The molecule has 184 valence electrons. The van der Waals surface area contributed by atoms with Crippen molar-refractivity contribution in [2.45, 2.75) is 18.8 Å². The number of likely N-dealkylation sites (tertiary alicyclic amines) is 1. The Bertz CT molecular complexity index is 1210. The molecular formula is C26H29N3O6. The van der Waals surface area contributed by atoms with Crippen LogP contribution in [-0.4, -0.2) is 65.2 Å². The van der Waals surface area contributed by atoms with Crippen molar-refractivity contribution >= 4 is 34.4 Å². The van der Waals surface area contributed by atoms with E-state index in [0.29, 0.717) is 29.4 Å². The number of para-hydroxylation sites is 1. The maximum Gasteiger partial charge on any atom is 0.328 e. The Morgan fingerprint density at radius 1 is 1.06 bits per heavy atom. The van der Waals surface area contributed by atoms with Crippen molar-refractivity contribution in [2.75, 3.05) is 32.6 Å². The third kappa shape index (κ3) is 6.94. The van der Waals surface area contributed by atoms with E-state index in [2.05, 4.69) is 34.5 Å². The molecular weight excluding hydrogens is 450 g/mol. The minimum absolute atomic E-state index is 0.164. The van der Waals surface area contributed by atoms with Gasteiger partial charge in [0.15, 0.2) is 0 Å². The fourth-order valence-corrected chi connectivity index (χ4v) is 4.05. The molecule has 3 aromatic rings. The number of aliphatic carboxylic acids is 2. The highest BCUT2D eigenvalue weighted by Crippen LogP contribution is 2.34. The van der Waals surface area contributed by atoms with Crippen LogP contribution in [0.2, 0.25) is 0 Å². The number of rotatable bonds is 6. The molecule has 2 aromatic carbocycles. The van der Waals surface area contributed by atoms with Crippen LogP contribution in [0.1, 0.15) is 34.7 Å². The summed E-state index contributed by atoms with van der Waals surface area (Å²) in [6.07, 6.45) is 5.58. The quantitative estimate of drug-likeness (QED) is 0.394. The summed E-state index contributed by atoms with van der Waals surface area (Å²) in [5.74, 6) is -1.54. The number of carbonyl (C=O) groups is 3. The maximum absolute atomic E-state index is 12.7. The number of carboxylic acid groups (broad SMARTS) is 2. The molecule has 0 saturated carbocycles. The standard InChI is InChI=1S/C22H25N3O2.C4H4O4/c1-25-11-9-15(10-12-25)19-14-23-20-8-7-16(13-18(19)20)24-22(26)17-5-3-4-6-21(17)27-2;5-3(6)1-2-4(7)8/h3-8,13-15,23H,9-12H2,1-2H3,(H,24,26);1-2H,(H,5,6)(H,7,8). The zero-order valence-corrected chi connectivity index (χ0v) is 19.7. The van der Waals surface area contributed by atoms with Gasteiger partial charge in [-0.05, 0) is 74.8 Å². The lowest BCUT2D eigenvalue weighted by Gasteiger charge is -2.28. The van der Waals surface area contributed by atoms with Gasteiger partial charge in [-0.1, -0.05) is 12.1 Å². The third-order valence-corrected chi connectivity index (χ3v) is 5.85. The minimum Gasteiger partial charge on any atom is -0.496 e. The molecule has 35 heavy (non-hydrogen) atoms. The van der Waals surface area contributed by atoms with E-state index in [-0.39, 0.29) is 5.91 Å². The van der Waals surface area contributed by atoms with Gasteiger partial charge in [-0.25, -0.2) is 9.59 Å². The van der Waals surface area contributed by atoms with E-state index in [1.54, 1.807) is 19.2 Å². The molecule has 0 aliphatic carbocycles. The first kappa shape index (κ1) is 25.5. The number of aromatic amines is 1. The molecule has 1 fully saturated rings. The third-order valence-electron chi connectivity index (χ3n) is 5.85. The Kier molecular flexibility index (Phi) is 8.63. The zero-order chi connectivity index (χ0) is 25.4. The largest absolute Gasteiger partial charge is 0.496 e. The average Bonchev–Trinajstić information content (AvgIpc) is 3.27. The van der Waals surface area contributed by atoms with Crippen LogP contribution in [0, 0.1) is 0 Å². The van der Waals surface area contributed by atoms with Crippen molar-refractivity contribution in [2.24, 2.45) is 0 Å². The summed E-state index contributed by atoms with van der Waals surface area (Å²) < 4.78 is 5.30. The van der Waals surface area contributed by atoms with Crippen molar-refractivity contribution < 1.29 is 29.3 Å². The number of carboxylic acids is 2. The molecule has 4 rings (SSSR count). The predicted octanol–water partition coefficient (Wildman–Crippen LogP) is 3.95. The van der Waals surface area contributed by atoms with Crippen LogP contribution >= 0.6 is 0 Å². The van der Waals surface area contributed by atoms with Gasteiger partial charge in [0.2, 0.25) is 0 Å². The number of amides is 1. The molecule has 1 amide bonds. The van der Waals surface area contributed by atoms with E-state index < -0.39 is 11.9 Å². The van der Waals surface area contributed by atoms with Crippen molar-refractivity contribution in [3.63, 3.8) is 0 Å². The topological polar surface area (TPSA) is 132 Å². The SMILES string of the molecule is COc1ccccc1C(=O)Nc1ccc2[nH]cc(C3CCN(C)CC3)c2c1.O=C(O)C=CC(=O)O. The van der Waals surface area contributed by atoms with Crippen molar-refractivity contribution in [3.8, 4) is 5.75 Å². The second kappa shape index (κ2) is 11.8. The van der Waals surface area contributed by atoms with E-state index in [1.807, 2.05) is 24.3 Å². The fourth-order valence-electron chi connectivity index (χ4n) is 4.05. The van der Waals surface area contributed by atoms with Gasteiger partial charge in [-0.3, -0.25) is 4.79 Å². The average molecular weight is 480 g/mol. The highest BCUT2D eigenvalue weighted by molar-refractivity contribution is 6.07. The maximum atomic E-state index is 12.7. The summed E-state index contributed by atoms with van der Waals surface area (Å²) in [6.45, 7) is 2.25. The van der Waals surface area contributed by atoms with E-state index >= 15 is 0 Å². The van der Waals surface area contributed by atoms with E-state index in [9.17, 15) is 14.4 Å². The van der Waals surface area contributed by atoms with Crippen LogP contribution in [0.3, 0.4) is 0 Å². The van der Waals surface area contributed by atoms with Crippen LogP contribution in [0.25, 0.3) is 10.9 Å². The van der Waals surface area contributed by atoms with Gasteiger partial charge >= 0.3 is 11.9 Å². The van der Waals surface area contributed by atoms with Gasteiger partial charge in [-0.15, -0.1) is 0 Å². The summed E-state index contributed by atoms with van der Waals surface area (Å²) >= 11 is 0. The number of hydrogen-bond donors (Lipinski definition) is 4. The first-order chi connectivity index (χ1) is 16.8. The second-order valence-electron chi connectivity index (χ2n) is 8.25. The first-order valence-corrected chi connectivity index (χ1v) is 11.2. The normalized spacial score (nSPS) is 14.3. The number of anilines is 1. The molecule has 0 unspecified atom stereocenters. The zero-order valence-electron chi connectivity index (χ0n) is 19.7. The summed E-state index contributed by atoms with van der Waals surface area (Å²) in [4.78, 5) is 37.6. The molecule has 1 aliphatic heterocycles. The smallest absolute Gasteiger partial charge is 0.328 e. The van der Waals surface area contributed by atoms with Gasteiger partial charge in [0, 0.05) is 34.9 Å². The number of hydrogen-bond acceptors (Lipinski definition) is 5. The van der Waals surface area contributed by atoms with Crippen molar-refractivity contribution in [1.29, 1.82) is 0 Å². The Labute approximate surface area is 203 Å². The number of methoxy groups -OCH3 is 1. The highest BCUT2D eigenvalue weighted by Gasteiger charge is 2.21. The van der Waals surface area contributed by atoms with Gasteiger partial charge < -0.3 is 30.2 Å². The number of carbonyl (C=O) groups excluding carboxylic acids is 1. The van der Waals surface area contributed by atoms with Gasteiger partial charge in [0.05, 0.1) is 12.7 Å². The number of aromatic nitrogens is 1. The number of fused-ring (bicyclic) bond motifs is 1. The molecule has 1 saturated heterocycles. The number of H-pyrrole nitrogens is 1. The van der Waals surface area contributed by atoms with Crippen LogP contribution in [0.5, 0.6) is 5.75 Å². The second-order valence-corrected chi connectivity index (χ2v) is 8.25. The number of nitrogens with one attached hydrogen (secondary N) is 2. The number of nitrogens with zero attached hydrogens (tertiary/aromatic N) is 1. The van der Waals surface area contributed by atoms with Crippen molar-refractivity contribution in [1.82, 2.24) is 9.88 Å². The molecule has 9 heteroatoms. The minimum atomic E-state index is -1.26.